The molecule has 3 amide bonds. The number of rotatable bonds is 7. The Balaban J connectivity index is 1.35. The second-order valence-corrected chi connectivity index (χ2v) is 9.26. The zero-order valence-electron chi connectivity index (χ0n) is 17.7. The highest BCUT2D eigenvalue weighted by molar-refractivity contribution is 5.84. The van der Waals surface area contributed by atoms with E-state index in [9.17, 15) is 14.7 Å². The Morgan fingerprint density at radius 3 is 2.76 bits per heavy atom. The van der Waals surface area contributed by atoms with Crippen molar-refractivity contribution in [3.63, 3.8) is 0 Å². The summed E-state index contributed by atoms with van der Waals surface area (Å²) < 4.78 is 0. The molecule has 1 unspecified atom stereocenters. The van der Waals surface area contributed by atoms with E-state index < -0.39 is 5.60 Å². The highest BCUT2D eigenvalue weighted by Gasteiger charge is 2.54. The Morgan fingerprint density at radius 1 is 1.38 bits per heavy atom. The number of carbonyl (C=O) groups is 2. The minimum absolute atomic E-state index is 0.0236. The molecule has 2 heterocycles. The van der Waals surface area contributed by atoms with Gasteiger partial charge in [0.05, 0.1) is 5.60 Å². The van der Waals surface area contributed by atoms with Gasteiger partial charge in [0.25, 0.3) is 0 Å². The van der Waals surface area contributed by atoms with Gasteiger partial charge in [-0.15, -0.1) is 0 Å². The quantitative estimate of drug-likeness (QED) is 0.641. The predicted octanol–water partition coefficient (Wildman–Crippen LogP) is 2.33. The SMILES string of the molecule is C=CN=CC1=CCN(C(=O)NCC2CC23CCN(C(=O)CCC(C)(C)O)CC3)C1. The highest BCUT2D eigenvalue weighted by atomic mass is 16.3. The van der Waals surface area contributed by atoms with E-state index in [0.29, 0.717) is 43.8 Å². The molecule has 0 bridgehead atoms. The first-order valence-corrected chi connectivity index (χ1v) is 10.6. The molecule has 160 valence electrons. The van der Waals surface area contributed by atoms with Crippen LogP contribution in [0.1, 0.15) is 46.0 Å². The second kappa shape index (κ2) is 8.69. The number of aliphatic imine (C=N–C) groups is 1. The number of aliphatic hydroxyl groups is 1. The molecule has 0 radical (unpaired) electrons. The molecule has 1 saturated carbocycles. The van der Waals surface area contributed by atoms with Crippen LogP contribution >= 0.6 is 0 Å². The fourth-order valence-corrected chi connectivity index (χ4v) is 4.40. The summed E-state index contributed by atoms with van der Waals surface area (Å²) in [6, 6.07) is -0.0236. The van der Waals surface area contributed by atoms with Crippen LogP contribution in [0.2, 0.25) is 0 Å². The van der Waals surface area contributed by atoms with Gasteiger partial charge in [0.15, 0.2) is 0 Å². The van der Waals surface area contributed by atoms with E-state index in [4.69, 9.17) is 0 Å². The number of likely N-dealkylation sites (tertiary alicyclic amines) is 1. The molecule has 2 aliphatic heterocycles. The number of carbonyl (C=O) groups excluding carboxylic acids is 2. The molecule has 3 rings (SSSR count). The lowest BCUT2D eigenvalue weighted by atomic mass is 9.90. The molecule has 0 aromatic carbocycles. The van der Waals surface area contributed by atoms with E-state index in [1.807, 2.05) is 11.0 Å². The minimum Gasteiger partial charge on any atom is -0.390 e. The summed E-state index contributed by atoms with van der Waals surface area (Å²) in [6.07, 6.45) is 9.29. The van der Waals surface area contributed by atoms with Crippen LogP contribution in [0.3, 0.4) is 0 Å². The lowest BCUT2D eigenvalue weighted by Crippen LogP contribution is -2.42. The van der Waals surface area contributed by atoms with Crippen molar-refractivity contribution in [2.24, 2.45) is 16.3 Å². The molecule has 29 heavy (non-hydrogen) atoms. The van der Waals surface area contributed by atoms with Crippen molar-refractivity contribution in [3.8, 4) is 0 Å². The zero-order valence-corrected chi connectivity index (χ0v) is 17.7. The Hall–Kier alpha value is -2.15. The number of urea groups is 1. The molecule has 7 heteroatoms. The van der Waals surface area contributed by atoms with Crippen molar-refractivity contribution in [1.82, 2.24) is 15.1 Å². The van der Waals surface area contributed by atoms with Gasteiger partial charge in [0.2, 0.25) is 5.91 Å². The van der Waals surface area contributed by atoms with Crippen LogP contribution in [0.4, 0.5) is 4.79 Å². The van der Waals surface area contributed by atoms with Gasteiger partial charge in [-0.3, -0.25) is 9.79 Å². The molecule has 1 atom stereocenters. The number of hydrogen-bond acceptors (Lipinski definition) is 4. The first-order valence-electron chi connectivity index (χ1n) is 10.6. The number of hydrogen-bond donors (Lipinski definition) is 2. The van der Waals surface area contributed by atoms with Crippen molar-refractivity contribution >= 4 is 18.2 Å². The van der Waals surface area contributed by atoms with E-state index in [2.05, 4.69) is 16.9 Å². The maximum Gasteiger partial charge on any atom is 0.317 e. The summed E-state index contributed by atoms with van der Waals surface area (Å²) in [4.78, 5) is 32.5. The summed E-state index contributed by atoms with van der Waals surface area (Å²) in [5, 5.41) is 12.9. The largest absolute Gasteiger partial charge is 0.390 e. The van der Waals surface area contributed by atoms with Gasteiger partial charge in [0.1, 0.15) is 0 Å². The fourth-order valence-electron chi connectivity index (χ4n) is 4.40. The van der Waals surface area contributed by atoms with E-state index in [0.717, 1.165) is 37.9 Å². The van der Waals surface area contributed by atoms with Crippen LogP contribution in [0, 0.1) is 11.3 Å². The lowest BCUT2D eigenvalue weighted by molar-refractivity contribution is -0.134. The Labute approximate surface area is 173 Å². The first-order chi connectivity index (χ1) is 13.7. The Kier molecular flexibility index (Phi) is 6.46. The van der Waals surface area contributed by atoms with Gasteiger partial charge >= 0.3 is 6.03 Å². The van der Waals surface area contributed by atoms with Crippen LogP contribution in [0.25, 0.3) is 0 Å². The normalized spacial score (nSPS) is 23.4. The summed E-state index contributed by atoms with van der Waals surface area (Å²) in [6.45, 7) is 10.5. The van der Waals surface area contributed by atoms with Crippen molar-refractivity contribution in [2.75, 3.05) is 32.7 Å². The van der Waals surface area contributed by atoms with Gasteiger partial charge in [-0.1, -0.05) is 12.7 Å². The topological polar surface area (TPSA) is 85.2 Å². The molecule has 2 N–H and O–H groups in total. The van der Waals surface area contributed by atoms with Gasteiger partial charge in [-0.25, -0.2) is 4.79 Å². The van der Waals surface area contributed by atoms with Gasteiger partial charge in [-0.2, -0.15) is 0 Å². The van der Waals surface area contributed by atoms with E-state index in [1.54, 1.807) is 25.0 Å². The molecule has 3 aliphatic rings. The minimum atomic E-state index is -0.795. The summed E-state index contributed by atoms with van der Waals surface area (Å²) in [5.41, 5.74) is 0.534. The third-order valence-corrected chi connectivity index (χ3v) is 6.50. The average molecular weight is 403 g/mol. The predicted molar refractivity (Wildman–Crippen MR) is 114 cm³/mol. The molecule has 1 saturated heterocycles. The number of amides is 3. The summed E-state index contributed by atoms with van der Waals surface area (Å²) in [5.74, 6) is 0.655. The molecule has 2 fully saturated rings. The van der Waals surface area contributed by atoms with E-state index in [1.165, 1.54) is 6.20 Å². The summed E-state index contributed by atoms with van der Waals surface area (Å²) in [7, 11) is 0. The van der Waals surface area contributed by atoms with E-state index >= 15 is 0 Å². The maximum atomic E-state index is 12.4. The lowest BCUT2D eigenvalue weighted by Gasteiger charge is -2.33. The Morgan fingerprint density at radius 2 is 2.10 bits per heavy atom. The number of nitrogens with one attached hydrogen (secondary N) is 1. The number of piperidine rings is 1. The van der Waals surface area contributed by atoms with Crippen LogP contribution in [-0.4, -0.2) is 71.4 Å². The zero-order chi connectivity index (χ0) is 21.1. The van der Waals surface area contributed by atoms with E-state index in [-0.39, 0.29) is 11.9 Å². The fraction of sp³-hybridized carbons (Fsp3) is 0.682. The monoisotopic (exact) mass is 402 g/mol. The molecule has 0 aromatic heterocycles. The van der Waals surface area contributed by atoms with Crippen LogP contribution in [0.5, 0.6) is 0 Å². The molecular formula is C22H34N4O3. The van der Waals surface area contributed by atoms with Gasteiger partial charge in [-0.05, 0) is 56.4 Å². The molecule has 0 aromatic rings. The first kappa shape index (κ1) is 21.6. The van der Waals surface area contributed by atoms with Crippen molar-refractivity contribution in [3.05, 3.63) is 24.4 Å². The van der Waals surface area contributed by atoms with Gasteiger partial charge < -0.3 is 20.2 Å². The molecular weight excluding hydrogens is 368 g/mol. The van der Waals surface area contributed by atoms with Crippen molar-refractivity contribution in [2.45, 2.75) is 51.6 Å². The van der Waals surface area contributed by atoms with Crippen molar-refractivity contribution < 1.29 is 14.7 Å². The van der Waals surface area contributed by atoms with Crippen molar-refractivity contribution in [1.29, 1.82) is 0 Å². The van der Waals surface area contributed by atoms with Crippen LogP contribution < -0.4 is 5.32 Å². The standard InChI is InChI=1S/C22H34N4O3/c1-4-23-14-17-6-10-26(16-17)20(28)24-15-18-13-22(18)8-11-25(12-9-22)19(27)5-7-21(2,3)29/h4,6,14,18,29H,1,5,7-13,15-16H2,2-3H3,(H,24,28). The third-order valence-electron chi connectivity index (χ3n) is 6.50. The second-order valence-electron chi connectivity index (χ2n) is 9.26. The molecule has 7 nitrogen and oxygen atoms in total. The maximum absolute atomic E-state index is 12.4. The molecule has 1 aliphatic carbocycles. The Bertz CT molecular complexity index is 699. The third kappa shape index (κ3) is 5.69. The summed E-state index contributed by atoms with van der Waals surface area (Å²) >= 11 is 0. The molecule has 1 spiro atoms. The van der Waals surface area contributed by atoms with Gasteiger partial charge in [0, 0.05) is 51.6 Å². The average Bonchev–Trinajstić information content (AvgIpc) is 3.12. The number of nitrogens with zero attached hydrogens (tertiary/aromatic N) is 3. The van der Waals surface area contributed by atoms with Crippen LogP contribution in [-0.2, 0) is 4.79 Å². The highest BCUT2D eigenvalue weighted by Crippen LogP contribution is 2.59. The van der Waals surface area contributed by atoms with Crippen LogP contribution in [0.15, 0.2) is 29.4 Å². The smallest absolute Gasteiger partial charge is 0.317 e.